The van der Waals surface area contributed by atoms with Gasteiger partial charge in [-0.05, 0) is 29.7 Å². The van der Waals surface area contributed by atoms with E-state index in [0.29, 0.717) is 30.2 Å². The van der Waals surface area contributed by atoms with Gasteiger partial charge < -0.3 is 9.47 Å². The number of rotatable bonds is 5. The van der Waals surface area contributed by atoms with Gasteiger partial charge >= 0.3 is 17.9 Å². The van der Waals surface area contributed by atoms with Gasteiger partial charge in [0.1, 0.15) is 6.61 Å². The lowest BCUT2D eigenvalue weighted by Crippen LogP contribution is -2.28. The molecule has 3 heterocycles. The lowest BCUT2D eigenvalue weighted by molar-refractivity contribution is -0.138. The molecule has 0 atom stereocenters. The van der Waals surface area contributed by atoms with Crippen LogP contribution in [0.5, 0.6) is 17.6 Å². The largest absolute Gasteiger partial charge is 0.473 e. The SMILES string of the molecule is O=c1nc(OCc2ccc(Oc3ncc(C(F)(F)F)cn3)c(F)c2)cc2n1CCc1ccccc1-2. The zero-order valence-electron chi connectivity index (χ0n) is 17.9. The standard InChI is InChI=1S/C24H16F4N4O3/c25-18-9-14(5-6-20(18)35-22-29-11-16(12-30-22)24(26,27)28)13-34-21-10-19-17-4-2-1-3-15(17)7-8-32(19)23(33)31-21/h1-6,9-12H,7-8,13H2. The number of ether oxygens (including phenoxy) is 2. The molecule has 2 aromatic carbocycles. The first-order valence-electron chi connectivity index (χ1n) is 10.5. The second-order valence-electron chi connectivity index (χ2n) is 7.73. The molecule has 0 saturated carbocycles. The van der Waals surface area contributed by atoms with Gasteiger partial charge in [-0.3, -0.25) is 4.57 Å². The van der Waals surface area contributed by atoms with E-state index in [0.717, 1.165) is 23.6 Å². The minimum Gasteiger partial charge on any atom is -0.473 e. The zero-order valence-corrected chi connectivity index (χ0v) is 17.9. The predicted octanol–water partition coefficient (Wildman–Crippen LogP) is 4.79. The van der Waals surface area contributed by atoms with E-state index < -0.39 is 29.3 Å². The molecule has 0 radical (unpaired) electrons. The van der Waals surface area contributed by atoms with Crippen molar-refractivity contribution in [2.75, 3.05) is 0 Å². The summed E-state index contributed by atoms with van der Waals surface area (Å²) in [5, 5.41) is 0. The molecule has 0 saturated heterocycles. The van der Waals surface area contributed by atoms with Gasteiger partial charge in [0.15, 0.2) is 11.6 Å². The zero-order chi connectivity index (χ0) is 24.6. The highest BCUT2D eigenvalue weighted by atomic mass is 19.4. The third kappa shape index (κ3) is 4.70. The molecule has 35 heavy (non-hydrogen) atoms. The molecule has 0 N–H and O–H groups in total. The molecule has 4 aromatic rings. The van der Waals surface area contributed by atoms with Crippen molar-refractivity contribution < 1.29 is 27.0 Å². The molecule has 7 nitrogen and oxygen atoms in total. The third-order valence-electron chi connectivity index (χ3n) is 5.43. The van der Waals surface area contributed by atoms with Crippen LogP contribution in [0.2, 0.25) is 0 Å². The highest BCUT2D eigenvalue weighted by Crippen LogP contribution is 2.31. The van der Waals surface area contributed by atoms with Crippen molar-refractivity contribution in [3.05, 3.63) is 93.9 Å². The van der Waals surface area contributed by atoms with E-state index in [9.17, 15) is 22.4 Å². The van der Waals surface area contributed by atoms with E-state index in [4.69, 9.17) is 9.47 Å². The summed E-state index contributed by atoms with van der Waals surface area (Å²) in [5.41, 5.74) is 1.70. The predicted molar refractivity (Wildman–Crippen MR) is 115 cm³/mol. The Hall–Kier alpha value is -4.28. The van der Waals surface area contributed by atoms with E-state index in [1.807, 2.05) is 24.3 Å². The number of hydrogen-bond acceptors (Lipinski definition) is 6. The first-order valence-corrected chi connectivity index (χ1v) is 10.5. The summed E-state index contributed by atoms with van der Waals surface area (Å²) in [4.78, 5) is 23.3. The Morgan fingerprint density at radius 3 is 2.54 bits per heavy atom. The van der Waals surface area contributed by atoms with Crippen molar-refractivity contribution in [2.45, 2.75) is 25.7 Å². The van der Waals surface area contributed by atoms with Gasteiger partial charge in [-0.15, -0.1) is 0 Å². The molecule has 0 fully saturated rings. The summed E-state index contributed by atoms with van der Waals surface area (Å²) in [6.45, 7) is 0.444. The summed E-state index contributed by atoms with van der Waals surface area (Å²) in [6, 6.07) is 12.9. The lowest BCUT2D eigenvalue weighted by atomic mass is 9.98. The minimum atomic E-state index is -4.59. The number of alkyl halides is 3. The number of nitrogens with zero attached hydrogens (tertiary/aromatic N) is 4. The molecule has 0 amide bonds. The number of hydrogen-bond donors (Lipinski definition) is 0. The Labute approximate surface area is 195 Å². The second-order valence-corrected chi connectivity index (χ2v) is 7.73. The van der Waals surface area contributed by atoms with Gasteiger partial charge in [0.05, 0.1) is 11.3 Å². The Morgan fingerprint density at radius 2 is 1.80 bits per heavy atom. The minimum absolute atomic E-state index is 0.0779. The van der Waals surface area contributed by atoms with Crippen LogP contribution in [0.1, 0.15) is 16.7 Å². The lowest BCUT2D eigenvalue weighted by Gasteiger charge is -2.21. The topological polar surface area (TPSA) is 79.1 Å². The van der Waals surface area contributed by atoms with Crippen LogP contribution in [0.15, 0.2) is 65.7 Å². The van der Waals surface area contributed by atoms with Crippen LogP contribution in [0.25, 0.3) is 11.3 Å². The van der Waals surface area contributed by atoms with E-state index in [1.54, 1.807) is 10.6 Å². The van der Waals surface area contributed by atoms with Crippen LogP contribution in [0.4, 0.5) is 17.6 Å². The number of fused-ring (bicyclic) bond motifs is 3. The smallest absolute Gasteiger partial charge is 0.419 e. The highest BCUT2D eigenvalue weighted by Gasteiger charge is 2.31. The molecular formula is C24H16F4N4O3. The average Bonchev–Trinajstić information content (AvgIpc) is 2.84. The average molecular weight is 484 g/mol. The molecule has 1 aliphatic rings. The quantitative estimate of drug-likeness (QED) is 0.379. The Kier molecular flexibility index (Phi) is 5.67. The van der Waals surface area contributed by atoms with Crippen LogP contribution in [0, 0.1) is 5.82 Å². The van der Waals surface area contributed by atoms with Gasteiger partial charge in [-0.1, -0.05) is 30.3 Å². The van der Waals surface area contributed by atoms with Crippen molar-refractivity contribution >= 4 is 0 Å². The highest BCUT2D eigenvalue weighted by molar-refractivity contribution is 5.66. The number of aryl methyl sites for hydroxylation is 1. The molecule has 1 aliphatic heterocycles. The van der Waals surface area contributed by atoms with Gasteiger partial charge in [0, 0.05) is 30.6 Å². The number of halogens is 4. The van der Waals surface area contributed by atoms with Crippen molar-refractivity contribution in [1.82, 2.24) is 19.5 Å². The van der Waals surface area contributed by atoms with Gasteiger partial charge in [0.2, 0.25) is 5.88 Å². The van der Waals surface area contributed by atoms with E-state index >= 15 is 0 Å². The van der Waals surface area contributed by atoms with E-state index in [1.165, 1.54) is 12.1 Å². The summed E-state index contributed by atoms with van der Waals surface area (Å²) < 4.78 is 64.7. The molecular weight excluding hydrogens is 468 g/mol. The Bertz CT molecular complexity index is 1450. The second kappa shape index (κ2) is 8.82. The number of aromatic nitrogens is 4. The van der Waals surface area contributed by atoms with Crippen LogP contribution in [-0.4, -0.2) is 19.5 Å². The Morgan fingerprint density at radius 1 is 1.03 bits per heavy atom. The molecule has 0 bridgehead atoms. The Balaban J connectivity index is 1.30. The van der Waals surface area contributed by atoms with Crippen molar-refractivity contribution in [2.24, 2.45) is 0 Å². The maximum Gasteiger partial charge on any atom is 0.419 e. The van der Waals surface area contributed by atoms with Crippen LogP contribution in [-0.2, 0) is 25.7 Å². The first-order chi connectivity index (χ1) is 16.8. The molecule has 11 heteroatoms. The molecule has 0 spiro atoms. The summed E-state index contributed by atoms with van der Waals surface area (Å²) in [7, 11) is 0. The van der Waals surface area contributed by atoms with Gasteiger partial charge in [-0.2, -0.15) is 18.2 Å². The summed E-state index contributed by atoms with van der Waals surface area (Å²) >= 11 is 0. The van der Waals surface area contributed by atoms with Crippen molar-refractivity contribution in [3.8, 4) is 28.9 Å². The van der Waals surface area contributed by atoms with Crippen LogP contribution < -0.4 is 15.2 Å². The normalized spacial score (nSPS) is 12.6. The van der Waals surface area contributed by atoms with Crippen molar-refractivity contribution in [3.63, 3.8) is 0 Å². The first kappa shape index (κ1) is 22.5. The molecule has 0 aliphatic carbocycles. The molecule has 0 unspecified atom stereocenters. The molecule has 178 valence electrons. The third-order valence-corrected chi connectivity index (χ3v) is 5.43. The van der Waals surface area contributed by atoms with Crippen LogP contribution >= 0.6 is 0 Å². The monoisotopic (exact) mass is 484 g/mol. The molecule has 5 rings (SSSR count). The fourth-order valence-electron chi connectivity index (χ4n) is 3.71. The van der Waals surface area contributed by atoms with Gasteiger partial charge in [0.25, 0.3) is 0 Å². The van der Waals surface area contributed by atoms with E-state index in [2.05, 4.69) is 15.0 Å². The van der Waals surface area contributed by atoms with Crippen molar-refractivity contribution in [1.29, 1.82) is 0 Å². The molecule has 2 aromatic heterocycles. The fraction of sp³-hybridized carbons (Fsp3) is 0.167. The number of benzene rings is 2. The fourth-order valence-corrected chi connectivity index (χ4v) is 3.71. The van der Waals surface area contributed by atoms with Gasteiger partial charge in [-0.25, -0.2) is 19.2 Å². The van der Waals surface area contributed by atoms with Crippen LogP contribution in [0.3, 0.4) is 0 Å². The summed E-state index contributed by atoms with van der Waals surface area (Å²) in [5.74, 6) is -0.950. The maximum atomic E-state index is 14.5. The summed E-state index contributed by atoms with van der Waals surface area (Å²) in [6.07, 6.45) is -2.76. The maximum absolute atomic E-state index is 14.5. The van der Waals surface area contributed by atoms with E-state index in [-0.39, 0.29) is 18.2 Å².